The number of methoxy groups -OCH3 is 1. The topological polar surface area (TPSA) is 110 Å². The molecule has 1 spiro atoms. The van der Waals surface area contributed by atoms with Crippen LogP contribution in [-0.4, -0.2) is 72.6 Å². The predicted molar refractivity (Wildman–Crippen MR) is 135 cm³/mol. The first-order valence-corrected chi connectivity index (χ1v) is 13.4. The van der Waals surface area contributed by atoms with Gasteiger partial charge in [-0.15, -0.1) is 10.2 Å². The van der Waals surface area contributed by atoms with Crippen LogP contribution >= 0.6 is 11.3 Å². The monoisotopic (exact) mass is 508 g/mol. The number of hydrogen-bond donors (Lipinski definition) is 2. The highest BCUT2D eigenvalue weighted by Gasteiger charge is 2.72. The zero-order valence-corrected chi connectivity index (χ0v) is 22.7. The molecule has 1 amide bonds. The zero-order valence-electron chi connectivity index (χ0n) is 21.9. The molecule has 2 saturated heterocycles. The molecule has 10 heteroatoms. The Morgan fingerprint density at radius 2 is 2.09 bits per heavy atom. The number of ether oxygens (including phenoxy) is 4. The van der Waals surface area contributed by atoms with Gasteiger partial charge in [0.1, 0.15) is 28.4 Å². The third kappa shape index (κ3) is 5.65. The number of amides is 1. The van der Waals surface area contributed by atoms with Crippen molar-refractivity contribution in [1.82, 2.24) is 15.5 Å². The molecule has 0 radical (unpaired) electrons. The average Bonchev–Trinajstić information content (AvgIpc) is 3.67. The summed E-state index contributed by atoms with van der Waals surface area (Å²) in [6, 6.07) is -0.114. The number of rotatable bonds is 10. The number of alkyl carbamates (subject to hydrolysis) is 1. The molecule has 1 aliphatic carbocycles. The molecule has 3 heterocycles. The molecular weight excluding hydrogens is 468 g/mol. The summed E-state index contributed by atoms with van der Waals surface area (Å²) in [5.41, 5.74) is 0.681. The van der Waals surface area contributed by atoms with Crippen LogP contribution in [0, 0.1) is 11.8 Å². The van der Waals surface area contributed by atoms with Gasteiger partial charge in [-0.2, -0.15) is 0 Å². The molecule has 7 atom stereocenters. The van der Waals surface area contributed by atoms with Crippen molar-refractivity contribution in [3.63, 3.8) is 0 Å². The number of epoxide rings is 2. The summed E-state index contributed by atoms with van der Waals surface area (Å²) in [6.45, 7) is 11.2. The van der Waals surface area contributed by atoms with Crippen molar-refractivity contribution in [3.8, 4) is 0 Å². The molecular formula is C25H40N4O5S. The Balaban J connectivity index is 1.41. The van der Waals surface area contributed by atoms with Crippen molar-refractivity contribution in [2.75, 3.05) is 26.1 Å². The molecule has 9 nitrogen and oxygen atoms in total. The summed E-state index contributed by atoms with van der Waals surface area (Å²) in [7, 11) is 3.51. The van der Waals surface area contributed by atoms with E-state index in [1.165, 1.54) is 16.9 Å². The lowest BCUT2D eigenvalue weighted by Gasteiger charge is -2.42. The molecule has 2 unspecified atom stereocenters. The maximum Gasteiger partial charge on any atom is 0.407 e. The highest BCUT2D eigenvalue weighted by Crippen LogP contribution is 2.59. The highest BCUT2D eigenvalue weighted by molar-refractivity contribution is 7.15. The number of allylic oxidation sites excluding steroid dienone is 1. The zero-order chi connectivity index (χ0) is 25.4. The molecule has 35 heavy (non-hydrogen) atoms. The fourth-order valence-electron chi connectivity index (χ4n) is 5.47. The molecule has 2 N–H and O–H groups in total. The number of carbonyl (C=O) groups excluding carboxylic acids is 1. The van der Waals surface area contributed by atoms with Crippen molar-refractivity contribution >= 4 is 22.6 Å². The van der Waals surface area contributed by atoms with Crippen LogP contribution in [0.25, 0.3) is 0 Å². The van der Waals surface area contributed by atoms with Crippen LogP contribution in [0.2, 0.25) is 0 Å². The Bertz CT molecular complexity index is 929. The largest absolute Gasteiger partial charge is 0.443 e. The van der Waals surface area contributed by atoms with Gasteiger partial charge in [0.2, 0.25) is 5.13 Å². The quantitative estimate of drug-likeness (QED) is 0.361. The van der Waals surface area contributed by atoms with Gasteiger partial charge < -0.3 is 29.6 Å². The number of carbonyl (C=O) groups is 1. The number of nitrogens with zero attached hydrogens (tertiary/aromatic N) is 2. The first-order chi connectivity index (χ1) is 16.6. The van der Waals surface area contributed by atoms with E-state index >= 15 is 0 Å². The van der Waals surface area contributed by atoms with Crippen LogP contribution in [0.3, 0.4) is 0 Å². The van der Waals surface area contributed by atoms with Crippen LogP contribution in [0.4, 0.5) is 9.93 Å². The van der Waals surface area contributed by atoms with Gasteiger partial charge in [0, 0.05) is 26.6 Å². The molecule has 2 aliphatic heterocycles. The fraction of sp³-hybridized carbons (Fsp3) is 0.800. The van der Waals surface area contributed by atoms with Crippen LogP contribution in [0.5, 0.6) is 0 Å². The predicted octanol–water partition coefficient (Wildman–Crippen LogP) is 3.95. The Kier molecular flexibility index (Phi) is 7.76. The summed E-state index contributed by atoms with van der Waals surface area (Å²) >= 11 is 1.49. The second-order valence-electron chi connectivity index (χ2n) is 10.8. The van der Waals surface area contributed by atoms with Gasteiger partial charge in [-0.3, -0.25) is 0 Å². The van der Waals surface area contributed by atoms with E-state index < -0.39 is 6.09 Å². The number of aromatic nitrogens is 2. The molecule has 0 bridgehead atoms. The lowest BCUT2D eigenvalue weighted by atomic mass is 9.68. The summed E-state index contributed by atoms with van der Waals surface area (Å²) in [5, 5.41) is 16.0. The molecule has 3 aliphatic rings. The Labute approximate surface area is 212 Å². The van der Waals surface area contributed by atoms with Crippen molar-refractivity contribution in [2.45, 2.75) is 95.9 Å². The van der Waals surface area contributed by atoms with E-state index in [2.05, 4.69) is 61.5 Å². The third-order valence-electron chi connectivity index (χ3n) is 7.68. The molecule has 3 fully saturated rings. The van der Waals surface area contributed by atoms with E-state index in [1.807, 2.05) is 7.05 Å². The molecule has 1 saturated carbocycles. The smallest absolute Gasteiger partial charge is 0.407 e. The molecule has 0 aromatic carbocycles. The Morgan fingerprint density at radius 3 is 2.66 bits per heavy atom. The summed E-state index contributed by atoms with van der Waals surface area (Å²) in [4.78, 5) is 13.0. The van der Waals surface area contributed by atoms with E-state index in [-0.39, 0.29) is 47.4 Å². The Morgan fingerprint density at radius 1 is 1.34 bits per heavy atom. The Hall–Kier alpha value is -1.75. The minimum Gasteiger partial charge on any atom is -0.443 e. The lowest BCUT2D eigenvalue weighted by molar-refractivity contribution is -0.118. The van der Waals surface area contributed by atoms with Crippen molar-refractivity contribution in [1.29, 1.82) is 0 Å². The van der Waals surface area contributed by atoms with Gasteiger partial charge in [-0.1, -0.05) is 36.8 Å². The van der Waals surface area contributed by atoms with Crippen molar-refractivity contribution in [2.24, 2.45) is 11.8 Å². The first kappa shape index (κ1) is 26.3. The minimum absolute atomic E-state index is 0.00404. The van der Waals surface area contributed by atoms with Gasteiger partial charge in [0.05, 0.1) is 18.6 Å². The standard InChI is InChI=1S/C25H40N4O5S/c1-14(2)8-9-18-24(5,34-18)21-20(31-7)17(10-11-25(21)13-32-25)33-23(30)27-16(15(3)4)12-19-28-29-22(26-6)35-19/h8,15-18,20-21H,9-13H2,1-7H3,(H,26,29)(H,27,30)/t16?,17-,18-,20-,21?,24+,25+/m1/s1. The van der Waals surface area contributed by atoms with Gasteiger partial charge in [0.25, 0.3) is 0 Å². The van der Waals surface area contributed by atoms with E-state index in [4.69, 9.17) is 18.9 Å². The normalized spacial score (nSPS) is 34.4. The number of hydrogen-bond acceptors (Lipinski definition) is 9. The van der Waals surface area contributed by atoms with Crippen LogP contribution in [0.15, 0.2) is 11.6 Å². The van der Waals surface area contributed by atoms with Crippen molar-refractivity contribution < 1.29 is 23.7 Å². The maximum absolute atomic E-state index is 13.0. The second kappa shape index (κ2) is 10.3. The van der Waals surface area contributed by atoms with Crippen molar-refractivity contribution in [3.05, 3.63) is 16.7 Å². The average molecular weight is 509 g/mol. The molecule has 4 rings (SSSR count). The fourth-order valence-corrected chi connectivity index (χ4v) is 6.22. The van der Waals surface area contributed by atoms with E-state index in [0.29, 0.717) is 19.4 Å². The first-order valence-electron chi connectivity index (χ1n) is 12.6. The van der Waals surface area contributed by atoms with Crippen LogP contribution < -0.4 is 10.6 Å². The van der Waals surface area contributed by atoms with Gasteiger partial charge in [0.15, 0.2) is 0 Å². The van der Waals surface area contributed by atoms with Crippen LogP contribution in [0.1, 0.15) is 58.9 Å². The SMILES string of the molecule is CNc1nnc(CC(NC(=O)O[C@@H]2CC[C@]3(CO3)C([C@@]3(C)O[C@@H]3CC=C(C)C)[C@@H]2OC)C(C)C)s1. The van der Waals surface area contributed by atoms with Gasteiger partial charge >= 0.3 is 6.09 Å². The summed E-state index contributed by atoms with van der Waals surface area (Å²) in [5.74, 6) is 0.212. The van der Waals surface area contributed by atoms with Gasteiger partial charge in [-0.25, -0.2) is 4.79 Å². The van der Waals surface area contributed by atoms with E-state index in [1.54, 1.807) is 7.11 Å². The lowest BCUT2D eigenvalue weighted by Crippen LogP contribution is -2.56. The van der Waals surface area contributed by atoms with E-state index in [0.717, 1.165) is 23.0 Å². The summed E-state index contributed by atoms with van der Waals surface area (Å²) < 4.78 is 24.2. The highest BCUT2D eigenvalue weighted by atomic mass is 32.1. The molecule has 196 valence electrons. The second-order valence-corrected chi connectivity index (χ2v) is 11.8. The number of nitrogens with one attached hydrogen (secondary N) is 2. The van der Waals surface area contributed by atoms with Crippen LogP contribution in [-0.2, 0) is 25.4 Å². The van der Waals surface area contributed by atoms with Gasteiger partial charge in [-0.05, 0) is 46.0 Å². The maximum atomic E-state index is 13.0. The minimum atomic E-state index is -0.427. The number of anilines is 1. The van der Waals surface area contributed by atoms with E-state index in [9.17, 15) is 4.79 Å². The third-order valence-corrected chi connectivity index (χ3v) is 8.64. The molecule has 1 aromatic rings. The molecule has 1 aromatic heterocycles. The summed E-state index contributed by atoms with van der Waals surface area (Å²) in [6.07, 6.45) is 4.24.